The molecule has 138 valence electrons. The molecule has 0 radical (unpaired) electrons. The van der Waals surface area contributed by atoms with E-state index in [-0.39, 0.29) is 21.3 Å². The van der Waals surface area contributed by atoms with Crippen LogP contribution in [0.5, 0.6) is 0 Å². The van der Waals surface area contributed by atoms with Crippen LogP contribution in [0.1, 0.15) is 17.5 Å². The molecule has 3 rings (SSSR count). The first-order chi connectivity index (χ1) is 12.2. The van der Waals surface area contributed by atoms with Gasteiger partial charge in [-0.05, 0) is 30.3 Å². The minimum absolute atomic E-state index is 0.0807. The van der Waals surface area contributed by atoms with Crippen molar-refractivity contribution in [3.63, 3.8) is 0 Å². The molecular formula is C17H12Cl3F3N2O. The topological polar surface area (TPSA) is 33.6 Å². The lowest BCUT2D eigenvalue weighted by molar-refractivity contribution is -0.275. The normalized spacial score (nSPS) is 19.9. The summed E-state index contributed by atoms with van der Waals surface area (Å²) in [5.41, 5.74) is -1.67. The zero-order valence-electron chi connectivity index (χ0n) is 13.3. The van der Waals surface area contributed by atoms with Crippen LogP contribution in [0.2, 0.25) is 15.1 Å². The van der Waals surface area contributed by atoms with Crippen LogP contribution in [0.25, 0.3) is 0 Å². The SMILES string of the molecule is CNc1cc(C2=NOC(c3cc(Cl)cc(Cl)c3)(C(F)(F)F)C2)ccc1Cl. The van der Waals surface area contributed by atoms with Crippen molar-refractivity contribution in [1.29, 1.82) is 0 Å². The van der Waals surface area contributed by atoms with Gasteiger partial charge in [-0.25, -0.2) is 0 Å². The first-order valence-corrected chi connectivity index (χ1v) is 8.56. The number of halogens is 6. The lowest BCUT2D eigenvalue weighted by Gasteiger charge is -2.29. The lowest BCUT2D eigenvalue weighted by Crippen LogP contribution is -2.42. The Morgan fingerprint density at radius 1 is 1.08 bits per heavy atom. The average Bonchev–Trinajstić information content (AvgIpc) is 3.01. The van der Waals surface area contributed by atoms with Crippen LogP contribution in [-0.4, -0.2) is 18.9 Å². The quantitative estimate of drug-likeness (QED) is 0.631. The van der Waals surface area contributed by atoms with E-state index < -0.39 is 18.2 Å². The molecule has 0 bridgehead atoms. The van der Waals surface area contributed by atoms with Gasteiger partial charge in [0.05, 0.1) is 16.4 Å². The Morgan fingerprint density at radius 3 is 2.31 bits per heavy atom. The van der Waals surface area contributed by atoms with Crippen LogP contribution in [0.4, 0.5) is 18.9 Å². The molecule has 0 fully saturated rings. The van der Waals surface area contributed by atoms with Gasteiger partial charge in [0.15, 0.2) is 0 Å². The van der Waals surface area contributed by atoms with Crippen LogP contribution < -0.4 is 5.32 Å². The molecule has 0 spiro atoms. The van der Waals surface area contributed by atoms with E-state index in [1.54, 1.807) is 25.2 Å². The summed E-state index contributed by atoms with van der Waals surface area (Å²) in [4.78, 5) is 4.96. The van der Waals surface area contributed by atoms with Crippen molar-refractivity contribution in [3.05, 3.63) is 62.6 Å². The van der Waals surface area contributed by atoms with Gasteiger partial charge < -0.3 is 10.2 Å². The zero-order valence-corrected chi connectivity index (χ0v) is 15.6. The maximum Gasteiger partial charge on any atom is 0.435 e. The Kier molecular flexibility index (Phi) is 5.03. The highest BCUT2D eigenvalue weighted by molar-refractivity contribution is 6.34. The molecule has 1 heterocycles. The smallest absolute Gasteiger partial charge is 0.387 e. The van der Waals surface area contributed by atoms with Crippen molar-refractivity contribution in [1.82, 2.24) is 0 Å². The molecule has 0 saturated heterocycles. The third-order valence-electron chi connectivity index (χ3n) is 4.08. The Labute approximate surface area is 162 Å². The van der Waals surface area contributed by atoms with Crippen LogP contribution in [-0.2, 0) is 10.4 Å². The fraction of sp³-hybridized carbons (Fsp3) is 0.235. The molecule has 1 atom stereocenters. The van der Waals surface area contributed by atoms with Crippen LogP contribution in [0.3, 0.4) is 0 Å². The number of nitrogens with zero attached hydrogens (tertiary/aromatic N) is 1. The molecule has 1 aliphatic rings. The zero-order chi connectivity index (χ0) is 19.1. The van der Waals surface area contributed by atoms with E-state index in [4.69, 9.17) is 39.6 Å². The van der Waals surface area contributed by atoms with E-state index in [2.05, 4.69) is 10.5 Å². The van der Waals surface area contributed by atoms with E-state index in [0.717, 1.165) is 0 Å². The first kappa shape index (κ1) is 19.1. The molecule has 2 aromatic rings. The van der Waals surface area contributed by atoms with Crippen LogP contribution >= 0.6 is 34.8 Å². The summed E-state index contributed by atoms with van der Waals surface area (Å²) in [7, 11) is 1.66. The number of alkyl halides is 3. The molecule has 0 aromatic heterocycles. The third-order valence-corrected chi connectivity index (χ3v) is 4.85. The summed E-state index contributed by atoms with van der Waals surface area (Å²) in [6.07, 6.45) is -5.25. The molecule has 0 saturated carbocycles. The van der Waals surface area contributed by atoms with Gasteiger partial charge in [0.25, 0.3) is 5.60 Å². The van der Waals surface area contributed by atoms with E-state index in [1.807, 2.05) is 0 Å². The number of anilines is 1. The van der Waals surface area contributed by atoms with Crippen molar-refractivity contribution >= 4 is 46.2 Å². The number of oxime groups is 1. The van der Waals surface area contributed by atoms with Gasteiger partial charge in [-0.1, -0.05) is 46.0 Å². The monoisotopic (exact) mass is 422 g/mol. The fourth-order valence-electron chi connectivity index (χ4n) is 2.74. The number of rotatable bonds is 3. The maximum absolute atomic E-state index is 13.9. The number of benzene rings is 2. The first-order valence-electron chi connectivity index (χ1n) is 7.42. The van der Waals surface area contributed by atoms with Gasteiger partial charge in [0, 0.05) is 34.6 Å². The highest BCUT2D eigenvalue weighted by Crippen LogP contribution is 2.49. The highest BCUT2D eigenvalue weighted by atomic mass is 35.5. The van der Waals surface area contributed by atoms with Crippen molar-refractivity contribution in [2.75, 3.05) is 12.4 Å². The van der Waals surface area contributed by atoms with Gasteiger partial charge in [0.1, 0.15) is 0 Å². The van der Waals surface area contributed by atoms with Crippen molar-refractivity contribution in [3.8, 4) is 0 Å². The number of hydrogen-bond acceptors (Lipinski definition) is 3. The Hall–Kier alpha value is -1.63. The predicted octanol–water partition coefficient (Wildman–Crippen LogP) is 6.27. The molecule has 9 heteroatoms. The molecule has 0 amide bonds. The molecule has 1 unspecified atom stereocenters. The second-order valence-corrected chi connectivity index (χ2v) is 7.01. The van der Waals surface area contributed by atoms with Gasteiger partial charge >= 0.3 is 6.18 Å². The molecule has 26 heavy (non-hydrogen) atoms. The van der Waals surface area contributed by atoms with E-state index in [0.29, 0.717) is 16.3 Å². The molecule has 0 aliphatic carbocycles. The van der Waals surface area contributed by atoms with Gasteiger partial charge in [0.2, 0.25) is 0 Å². The molecule has 1 N–H and O–H groups in total. The number of hydrogen-bond donors (Lipinski definition) is 1. The fourth-order valence-corrected chi connectivity index (χ4v) is 3.48. The van der Waals surface area contributed by atoms with Crippen molar-refractivity contribution in [2.45, 2.75) is 18.2 Å². The average molecular weight is 424 g/mol. The van der Waals surface area contributed by atoms with E-state index >= 15 is 0 Å². The van der Waals surface area contributed by atoms with E-state index in [1.165, 1.54) is 18.2 Å². The van der Waals surface area contributed by atoms with Crippen LogP contribution in [0.15, 0.2) is 41.6 Å². The highest BCUT2D eigenvalue weighted by Gasteiger charge is 2.62. The van der Waals surface area contributed by atoms with Gasteiger partial charge in [-0.15, -0.1) is 0 Å². The standard InChI is InChI=1S/C17H12Cl3F3N2O/c1-24-14-4-9(2-3-13(14)20)15-8-16(26-25-15,17(21,22)23)10-5-11(18)7-12(19)6-10/h2-7,24H,8H2,1H3. The summed E-state index contributed by atoms with van der Waals surface area (Å²) in [5, 5.41) is 7.18. The Morgan fingerprint density at radius 2 is 1.73 bits per heavy atom. The maximum atomic E-state index is 13.9. The Balaban J connectivity index is 2.04. The number of nitrogens with one attached hydrogen (secondary N) is 1. The predicted molar refractivity (Wildman–Crippen MR) is 97.4 cm³/mol. The molecule has 2 aromatic carbocycles. The van der Waals surface area contributed by atoms with Crippen molar-refractivity contribution in [2.24, 2.45) is 5.16 Å². The summed E-state index contributed by atoms with van der Waals surface area (Å²) < 4.78 is 41.8. The summed E-state index contributed by atoms with van der Waals surface area (Å²) in [6, 6.07) is 8.49. The van der Waals surface area contributed by atoms with E-state index in [9.17, 15) is 13.2 Å². The second kappa shape index (κ2) is 6.83. The summed E-state index contributed by atoms with van der Waals surface area (Å²) >= 11 is 17.8. The Bertz CT molecular complexity index is 866. The molecule has 1 aliphatic heterocycles. The minimum atomic E-state index is -4.73. The summed E-state index contributed by atoms with van der Waals surface area (Å²) in [5.74, 6) is 0. The molecular weight excluding hydrogens is 412 g/mol. The van der Waals surface area contributed by atoms with Crippen LogP contribution in [0, 0.1) is 0 Å². The third kappa shape index (κ3) is 3.33. The minimum Gasteiger partial charge on any atom is -0.387 e. The lowest BCUT2D eigenvalue weighted by atomic mass is 9.86. The second-order valence-electron chi connectivity index (χ2n) is 5.73. The van der Waals surface area contributed by atoms with Crippen molar-refractivity contribution < 1.29 is 18.0 Å². The summed E-state index contributed by atoms with van der Waals surface area (Å²) in [6.45, 7) is 0. The van der Waals surface area contributed by atoms with Gasteiger partial charge in [-0.2, -0.15) is 13.2 Å². The molecule has 3 nitrogen and oxygen atoms in total. The van der Waals surface area contributed by atoms with Gasteiger partial charge in [-0.3, -0.25) is 0 Å². The largest absolute Gasteiger partial charge is 0.435 e.